The summed E-state index contributed by atoms with van der Waals surface area (Å²) in [6.45, 7) is 0. The maximum atomic E-state index is 8.25. The molecule has 0 aromatic rings. The van der Waals surface area contributed by atoms with Crippen molar-refractivity contribution in [3.63, 3.8) is 0 Å². The van der Waals surface area contributed by atoms with E-state index in [1.807, 2.05) is 0 Å². The smallest absolute Gasteiger partial charge is 0.316 e. The number of hydrogen-bond donors (Lipinski definition) is 0. The van der Waals surface area contributed by atoms with Gasteiger partial charge in [-0.2, -0.15) is 0 Å². The molecule has 6 heteroatoms. The van der Waals surface area contributed by atoms with Crippen LogP contribution in [0.5, 0.6) is 0 Å². The van der Waals surface area contributed by atoms with Crippen molar-refractivity contribution in [3.05, 3.63) is 15.3 Å². The number of nitrogens with zero attached hydrogens (tertiary/aromatic N) is 1. The van der Waals surface area contributed by atoms with Gasteiger partial charge in [-0.15, -0.1) is 0 Å². The molecule has 0 radical (unpaired) electrons. The van der Waals surface area contributed by atoms with Gasteiger partial charge in [-0.25, -0.2) is 0 Å². The van der Waals surface area contributed by atoms with E-state index in [1.54, 1.807) is 0 Å². The van der Waals surface area contributed by atoms with Gasteiger partial charge in [0.15, 0.2) is 0 Å². The van der Waals surface area contributed by atoms with E-state index in [4.69, 9.17) is 15.3 Å². The van der Waals surface area contributed by atoms with Gasteiger partial charge in [-0.3, -0.25) is 0 Å². The molecule has 0 aromatic heterocycles. The van der Waals surface area contributed by atoms with E-state index in [-0.39, 0.29) is 63.0 Å². The molecular weight excluding hydrogens is 244 g/mol. The van der Waals surface area contributed by atoms with Gasteiger partial charge in [0, 0.05) is 39.9 Å². The van der Waals surface area contributed by atoms with Crippen molar-refractivity contribution in [1.29, 1.82) is 0 Å². The molecular formula is H2GdMgNO3-. The molecule has 0 aliphatic heterocycles. The van der Waals surface area contributed by atoms with Crippen molar-refractivity contribution in [2.75, 3.05) is 0 Å². The zero-order valence-corrected chi connectivity index (χ0v) is 4.29. The molecule has 6 heavy (non-hydrogen) atoms. The van der Waals surface area contributed by atoms with Gasteiger partial charge in [0.25, 0.3) is 0 Å². The zero-order chi connectivity index (χ0) is 3.58. The van der Waals surface area contributed by atoms with Crippen molar-refractivity contribution in [2.24, 2.45) is 0 Å². The van der Waals surface area contributed by atoms with Crippen LogP contribution in [0, 0.1) is 55.3 Å². The minimum Gasteiger partial charge on any atom is -0.356 e. The van der Waals surface area contributed by atoms with Crippen molar-refractivity contribution in [3.8, 4) is 0 Å². The molecule has 0 amide bonds. The third-order valence-corrected chi connectivity index (χ3v) is 0. The summed E-state index contributed by atoms with van der Waals surface area (Å²) < 4.78 is 0. The Hall–Kier alpha value is 1.29. The second kappa shape index (κ2) is 9.56. The monoisotopic (exact) mass is 246 g/mol. The van der Waals surface area contributed by atoms with Crippen LogP contribution < -0.4 is 0 Å². The second-order valence-corrected chi connectivity index (χ2v) is 0.224. The topological polar surface area (TPSA) is 66.2 Å². The van der Waals surface area contributed by atoms with Gasteiger partial charge in [0.1, 0.15) is 0 Å². The van der Waals surface area contributed by atoms with Crippen LogP contribution in [0.4, 0.5) is 0 Å². The SMILES string of the molecule is O=[N+]([O-])[O-].[Gd].[MgH2]. The average Bonchev–Trinajstić information content (AvgIpc) is 0.811. The number of rotatable bonds is 0. The molecule has 0 unspecified atom stereocenters. The predicted octanol–water partition coefficient (Wildman–Crippen LogP) is -1.16. The summed E-state index contributed by atoms with van der Waals surface area (Å²) >= 11 is 0. The first-order valence-corrected chi connectivity index (χ1v) is 0.548. The molecule has 0 saturated heterocycles. The zero-order valence-electron chi connectivity index (χ0n) is 2.03. The molecule has 4 nitrogen and oxygen atoms in total. The maximum Gasteiger partial charge on any atom is 0.316 e. The molecule has 36 valence electrons. The van der Waals surface area contributed by atoms with Gasteiger partial charge in [0.2, 0.25) is 0 Å². The van der Waals surface area contributed by atoms with E-state index in [0.717, 1.165) is 0 Å². The average molecular weight is 246 g/mol. The predicted molar refractivity (Wildman–Crippen MR) is 18.9 cm³/mol. The number of hydrogen-bond acceptors (Lipinski definition) is 3. The van der Waals surface area contributed by atoms with Crippen molar-refractivity contribution in [2.45, 2.75) is 0 Å². The molecule has 0 aliphatic carbocycles. The van der Waals surface area contributed by atoms with Gasteiger partial charge >= 0.3 is 23.1 Å². The molecule has 0 atom stereocenters. The Kier molecular flexibility index (Phi) is 25.0. The molecule has 0 fully saturated rings. The Morgan fingerprint density at radius 1 is 1.33 bits per heavy atom. The van der Waals surface area contributed by atoms with Gasteiger partial charge in [-0.05, 0) is 0 Å². The van der Waals surface area contributed by atoms with E-state index in [2.05, 4.69) is 0 Å². The summed E-state index contributed by atoms with van der Waals surface area (Å²) in [6.07, 6.45) is 0. The first kappa shape index (κ1) is 15.7. The van der Waals surface area contributed by atoms with Crippen LogP contribution in [0.15, 0.2) is 0 Å². The summed E-state index contributed by atoms with van der Waals surface area (Å²) in [5, 5.41) is 14.8. The van der Waals surface area contributed by atoms with Crippen LogP contribution in [-0.4, -0.2) is 28.1 Å². The van der Waals surface area contributed by atoms with Gasteiger partial charge < -0.3 is 15.3 Å². The Labute approximate surface area is 82.2 Å². The first-order valence-electron chi connectivity index (χ1n) is 0.548. The van der Waals surface area contributed by atoms with Crippen LogP contribution in [0.1, 0.15) is 0 Å². The molecule has 0 heterocycles. The van der Waals surface area contributed by atoms with Crippen LogP contribution in [-0.2, 0) is 0 Å². The third kappa shape index (κ3) is 58.5. The summed E-state index contributed by atoms with van der Waals surface area (Å²) in [4.78, 5) is 8.25. The molecule has 0 aliphatic rings. The summed E-state index contributed by atoms with van der Waals surface area (Å²) in [5.74, 6) is 0. The Morgan fingerprint density at radius 2 is 1.33 bits per heavy atom. The Morgan fingerprint density at radius 3 is 1.33 bits per heavy atom. The fraction of sp³-hybridized carbons (Fsp3) is 0. The molecule has 0 rings (SSSR count). The van der Waals surface area contributed by atoms with Crippen LogP contribution >= 0.6 is 0 Å². The minimum absolute atomic E-state index is 0. The van der Waals surface area contributed by atoms with Crippen LogP contribution in [0.25, 0.3) is 0 Å². The van der Waals surface area contributed by atoms with Crippen molar-refractivity contribution < 1.29 is 45.0 Å². The fourth-order valence-electron chi connectivity index (χ4n) is 0. The van der Waals surface area contributed by atoms with E-state index < -0.39 is 5.09 Å². The van der Waals surface area contributed by atoms with E-state index >= 15 is 0 Å². The largest absolute Gasteiger partial charge is 0.356 e. The fourth-order valence-corrected chi connectivity index (χ4v) is 0. The minimum atomic E-state index is -1.75. The van der Waals surface area contributed by atoms with Crippen LogP contribution in [0.3, 0.4) is 0 Å². The Bertz CT molecular complexity index is 33.8. The molecule has 0 N–H and O–H groups in total. The van der Waals surface area contributed by atoms with E-state index in [9.17, 15) is 0 Å². The molecule has 0 saturated carbocycles. The summed E-state index contributed by atoms with van der Waals surface area (Å²) in [7, 11) is 0. The molecule has 0 spiro atoms. The molecule has 0 bridgehead atoms. The summed E-state index contributed by atoms with van der Waals surface area (Å²) in [6, 6.07) is 0. The van der Waals surface area contributed by atoms with Gasteiger partial charge in [-0.1, -0.05) is 0 Å². The van der Waals surface area contributed by atoms with E-state index in [1.165, 1.54) is 0 Å². The summed E-state index contributed by atoms with van der Waals surface area (Å²) in [5.41, 5.74) is 0. The van der Waals surface area contributed by atoms with Gasteiger partial charge in [0.05, 0.1) is 5.09 Å². The van der Waals surface area contributed by atoms with Crippen molar-refractivity contribution in [1.82, 2.24) is 0 Å². The molecule has 0 aromatic carbocycles. The Balaban J connectivity index is -0.0000000450. The van der Waals surface area contributed by atoms with Crippen LogP contribution in [0.2, 0.25) is 0 Å². The maximum absolute atomic E-state index is 8.25. The van der Waals surface area contributed by atoms with Crippen molar-refractivity contribution >= 4 is 23.1 Å². The second-order valence-electron chi connectivity index (χ2n) is 0.224. The third-order valence-electron chi connectivity index (χ3n) is 0. The van der Waals surface area contributed by atoms with E-state index in [0.29, 0.717) is 0 Å². The quantitative estimate of drug-likeness (QED) is 0.307. The standard InChI is InChI=1S/Gd.Mg.NO3.2H/c;;2-1(3)4;;/q;;-1;;. The normalized spacial score (nSPS) is 4.00. The first-order chi connectivity index (χ1) is 1.73.